The van der Waals surface area contributed by atoms with Crippen molar-refractivity contribution in [2.45, 2.75) is 11.7 Å². The van der Waals surface area contributed by atoms with Gasteiger partial charge in [0, 0.05) is 5.33 Å². The van der Waals surface area contributed by atoms with Crippen LogP contribution in [0.25, 0.3) is 0 Å². The number of nitro groups is 1. The van der Waals surface area contributed by atoms with Gasteiger partial charge in [0.05, 0.1) is 7.11 Å². The van der Waals surface area contributed by atoms with Crippen LogP contribution >= 0.6 is 15.9 Å². The van der Waals surface area contributed by atoms with Crippen LogP contribution < -0.4 is 9.47 Å². The zero-order valence-corrected chi connectivity index (χ0v) is 10.4. The van der Waals surface area contributed by atoms with E-state index in [1.54, 1.807) is 0 Å². The predicted molar refractivity (Wildman–Crippen MR) is 56.8 cm³/mol. The van der Waals surface area contributed by atoms with Crippen LogP contribution in [0.3, 0.4) is 0 Å². The largest absolute Gasteiger partial charge is 0.573 e. The first-order valence-corrected chi connectivity index (χ1v) is 5.44. The normalized spacial score (nSPS) is 11.2. The van der Waals surface area contributed by atoms with Crippen molar-refractivity contribution < 1.29 is 27.6 Å². The first-order valence-electron chi connectivity index (χ1n) is 4.32. The summed E-state index contributed by atoms with van der Waals surface area (Å²) < 4.78 is 44.7. The third-order valence-corrected chi connectivity index (χ3v) is 2.37. The molecule has 0 saturated heterocycles. The average molecular weight is 331 g/mol. The molecule has 6 nitrogen and oxygen atoms in total. The molecule has 0 aromatic carbocycles. The molecule has 0 N–H and O–H groups in total. The summed E-state index contributed by atoms with van der Waals surface area (Å²) in [5.74, 6) is -1.71. The van der Waals surface area contributed by atoms with Crippen molar-refractivity contribution in [3.63, 3.8) is 0 Å². The zero-order chi connectivity index (χ0) is 13.9. The van der Waals surface area contributed by atoms with Crippen molar-refractivity contribution in [1.82, 2.24) is 4.98 Å². The van der Waals surface area contributed by atoms with Crippen LogP contribution in [0.1, 0.15) is 5.56 Å². The fraction of sp³-hybridized carbons (Fsp3) is 0.375. The molecule has 0 atom stereocenters. The topological polar surface area (TPSA) is 74.5 Å². The van der Waals surface area contributed by atoms with E-state index < -0.39 is 22.9 Å². The number of hydrogen-bond donors (Lipinski definition) is 0. The molecule has 0 saturated carbocycles. The van der Waals surface area contributed by atoms with Crippen molar-refractivity contribution in [1.29, 1.82) is 0 Å². The lowest BCUT2D eigenvalue weighted by molar-refractivity contribution is -0.390. The first-order chi connectivity index (χ1) is 8.30. The fourth-order valence-corrected chi connectivity index (χ4v) is 1.71. The monoisotopic (exact) mass is 330 g/mol. The Kier molecular flexibility index (Phi) is 4.33. The molecule has 0 amide bonds. The summed E-state index contributed by atoms with van der Waals surface area (Å²) in [5, 5.41) is 10.5. The SMILES string of the molecule is COc1c(OC(F)(F)F)cnc([N+](=O)[O-])c1CBr. The van der Waals surface area contributed by atoms with Gasteiger partial charge in [-0.05, 0) is 9.91 Å². The van der Waals surface area contributed by atoms with E-state index in [9.17, 15) is 23.3 Å². The first kappa shape index (κ1) is 14.5. The molecule has 1 rings (SSSR count). The Morgan fingerprint density at radius 1 is 1.56 bits per heavy atom. The van der Waals surface area contributed by atoms with Gasteiger partial charge in [0.1, 0.15) is 5.56 Å². The highest BCUT2D eigenvalue weighted by atomic mass is 79.9. The molecule has 18 heavy (non-hydrogen) atoms. The second kappa shape index (κ2) is 5.38. The van der Waals surface area contributed by atoms with Crippen molar-refractivity contribution in [2.75, 3.05) is 7.11 Å². The third-order valence-electron chi connectivity index (χ3n) is 1.81. The Labute approximate surface area is 107 Å². The van der Waals surface area contributed by atoms with Crippen LogP contribution in [0.5, 0.6) is 11.5 Å². The minimum Gasteiger partial charge on any atom is -0.492 e. The van der Waals surface area contributed by atoms with Gasteiger partial charge in [-0.25, -0.2) is 0 Å². The maximum absolute atomic E-state index is 12.1. The van der Waals surface area contributed by atoms with Crippen molar-refractivity contribution in [3.05, 3.63) is 21.9 Å². The molecule has 0 aliphatic heterocycles. The Balaban J connectivity index is 3.34. The molecule has 0 unspecified atom stereocenters. The summed E-state index contributed by atoms with van der Waals surface area (Å²) in [7, 11) is 1.08. The minimum absolute atomic E-state index is 0.103. The Bertz CT molecular complexity index is 466. The maximum atomic E-state index is 12.1. The number of methoxy groups -OCH3 is 1. The zero-order valence-electron chi connectivity index (χ0n) is 8.82. The molecular formula is C8H6BrF3N2O4. The van der Waals surface area contributed by atoms with E-state index in [-0.39, 0.29) is 16.6 Å². The van der Waals surface area contributed by atoms with Crippen molar-refractivity contribution >= 4 is 21.7 Å². The summed E-state index contributed by atoms with van der Waals surface area (Å²) in [5.41, 5.74) is -0.135. The predicted octanol–water partition coefficient (Wildman–Crippen LogP) is 2.79. The molecule has 1 heterocycles. The molecule has 100 valence electrons. The molecule has 1 aromatic heterocycles. The van der Waals surface area contributed by atoms with E-state index in [0.717, 1.165) is 7.11 Å². The van der Waals surface area contributed by atoms with E-state index in [2.05, 4.69) is 25.7 Å². The molecule has 0 fully saturated rings. The number of aromatic nitrogens is 1. The van der Waals surface area contributed by atoms with Gasteiger partial charge in [0.25, 0.3) is 0 Å². The third kappa shape index (κ3) is 3.22. The smallest absolute Gasteiger partial charge is 0.492 e. The van der Waals surface area contributed by atoms with E-state index in [1.807, 2.05) is 0 Å². The van der Waals surface area contributed by atoms with E-state index in [4.69, 9.17) is 4.74 Å². The highest BCUT2D eigenvalue weighted by Gasteiger charge is 2.35. The average Bonchev–Trinajstić information content (AvgIpc) is 2.25. The summed E-state index contributed by atoms with van der Waals surface area (Å²) in [4.78, 5) is 13.1. The van der Waals surface area contributed by atoms with E-state index in [1.165, 1.54) is 0 Å². The van der Waals surface area contributed by atoms with Gasteiger partial charge in [-0.15, -0.1) is 13.2 Å². The maximum Gasteiger partial charge on any atom is 0.573 e. The van der Waals surface area contributed by atoms with Gasteiger partial charge in [0.2, 0.25) is 5.75 Å². The van der Waals surface area contributed by atoms with Crippen LogP contribution in [0.2, 0.25) is 0 Å². The number of pyridine rings is 1. The summed E-state index contributed by atoms with van der Waals surface area (Å²) in [6.07, 6.45) is -4.34. The minimum atomic E-state index is -4.94. The second-order valence-electron chi connectivity index (χ2n) is 2.90. The van der Waals surface area contributed by atoms with Crippen LogP contribution in [-0.4, -0.2) is 23.4 Å². The fourth-order valence-electron chi connectivity index (χ4n) is 1.21. The highest BCUT2D eigenvalue weighted by molar-refractivity contribution is 9.08. The standard InChI is InChI=1S/C8H6BrF3N2O4/c1-17-6-4(2-9)7(14(15)16)13-3-5(6)18-8(10,11)12/h3H,2H2,1H3. The summed E-state index contributed by atoms with van der Waals surface area (Å²) in [6, 6.07) is 0. The number of ether oxygens (including phenoxy) is 2. The number of hydrogen-bond acceptors (Lipinski definition) is 5. The van der Waals surface area contributed by atoms with Gasteiger partial charge in [-0.1, -0.05) is 15.9 Å². The van der Waals surface area contributed by atoms with Gasteiger partial charge >= 0.3 is 12.2 Å². The lowest BCUT2D eigenvalue weighted by atomic mass is 10.2. The summed E-state index contributed by atoms with van der Waals surface area (Å²) in [6.45, 7) is 0. The van der Waals surface area contributed by atoms with E-state index >= 15 is 0 Å². The molecule has 10 heteroatoms. The highest BCUT2D eigenvalue weighted by Crippen LogP contribution is 2.39. The summed E-state index contributed by atoms with van der Waals surface area (Å²) >= 11 is 2.92. The van der Waals surface area contributed by atoms with Gasteiger partial charge < -0.3 is 19.6 Å². The number of halogens is 4. The Hall–Kier alpha value is -1.58. The van der Waals surface area contributed by atoms with Crippen LogP contribution in [0.4, 0.5) is 19.0 Å². The quantitative estimate of drug-likeness (QED) is 0.482. The van der Waals surface area contributed by atoms with E-state index in [0.29, 0.717) is 6.20 Å². The number of rotatable bonds is 4. The lowest BCUT2D eigenvalue weighted by Crippen LogP contribution is -2.18. The van der Waals surface area contributed by atoms with Gasteiger partial charge in [0.15, 0.2) is 11.9 Å². The molecular weight excluding hydrogens is 325 g/mol. The van der Waals surface area contributed by atoms with Crippen LogP contribution in [-0.2, 0) is 5.33 Å². The number of alkyl halides is 4. The van der Waals surface area contributed by atoms with Gasteiger partial charge in [-0.2, -0.15) is 0 Å². The second-order valence-corrected chi connectivity index (χ2v) is 3.46. The molecule has 0 spiro atoms. The van der Waals surface area contributed by atoms with Crippen LogP contribution in [0, 0.1) is 10.1 Å². The molecule has 0 aliphatic rings. The molecule has 0 bridgehead atoms. The number of nitrogens with zero attached hydrogens (tertiary/aromatic N) is 2. The molecule has 0 aliphatic carbocycles. The van der Waals surface area contributed by atoms with Crippen molar-refractivity contribution in [3.8, 4) is 11.5 Å². The van der Waals surface area contributed by atoms with Crippen LogP contribution in [0.15, 0.2) is 6.20 Å². The van der Waals surface area contributed by atoms with Gasteiger partial charge in [-0.3, -0.25) is 0 Å². The van der Waals surface area contributed by atoms with Crippen molar-refractivity contribution in [2.24, 2.45) is 0 Å². The molecule has 1 aromatic rings. The Morgan fingerprint density at radius 3 is 2.56 bits per heavy atom. The molecule has 0 radical (unpaired) electrons. The Morgan fingerprint density at radius 2 is 2.17 bits per heavy atom. The lowest BCUT2D eigenvalue weighted by Gasteiger charge is -2.13.